The number of furan rings is 1. The lowest BCUT2D eigenvalue weighted by Gasteiger charge is -2.03. The Labute approximate surface area is 105 Å². The molecule has 0 atom stereocenters. The molecule has 0 saturated heterocycles. The van der Waals surface area contributed by atoms with Crippen molar-refractivity contribution in [2.45, 2.75) is 13.0 Å². The highest BCUT2D eigenvalue weighted by Gasteiger charge is 2.03. The van der Waals surface area contributed by atoms with Gasteiger partial charge in [-0.05, 0) is 23.8 Å². The smallest absolute Gasteiger partial charge is 0.224 e. The number of carbonyl (C=O) groups excluding carboxylic acids is 1. The van der Waals surface area contributed by atoms with Crippen molar-refractivity contribution in [1.29, 1.82) is 5.26 Å². The van der Waals surface area contributed by atoms with Crippen LogP contribution in [-0.2, 0) is 17.8 Å². The van der Waals surface area contributed by atoms with E-state index in [0.29, 0.717) is 18.5 Å². The molecule has 0 unspecified atom stereocenters. The fourth-order valence-electron chi connectivity index (χ4n) is 1.54. The number of carbonyl (C=O) groups is 1. The average molecular weight is 240 g/mol. The van der Waals surface area contributed by atoms with E-state index in [4.69, 9.17) is 9.68 Å². The molecule has 2 rings (SSSR count). The molecular weight excluding hydrogens is 228 g/mol. The van der Waals surface area contributed by atoms with Gasteiger partial charge in [-0.15, -0.1) is 0 Å². The van der Waals surface area contributed by atoms with Crippen LogP contribution in [0.15, 0.2) is 47.3 Å². The molecule has 0 fully saturated rings. The Kier molecular flexibility index (Phi) is 3.77. The second-order valence-corrected chi connectivity index (χ2v) is 3.89. The first-order chi connectivity index (χ1) is 8.78. The van der Waals surface area contributed by atoms with Crippen LogP contribution >= 0.6 is 0 Å². The van der Waals surface area contributed by atoms with Gasteiger partial charge in [-0.1, -0.05) is 12.1 Å². The zero-order valence-electron chi connectivity index (χ0n) is 9.72. The summed E-state index contributed by atoms with van der Waals surface area (Å²) < 4.78 is 4.91. The summed E-state index contributed by atoms with van der Waals surface area (Å²) in [6.07, 6.45) is 3.48. The molecule has 0 saturated carbocycles. The molecule has 0 bridgehead atoms. The maximum atomic E-state index is 11.7. The van der Waals surface area contributed by atoms with E-state index in [-0.39, 0.29) is 5.91 Å². The molecule has 1 heterocycles. The fraction of sp³-hybridized carbons (Fsp3) is 0.143. The van der Waals surface area contributed by atoms with Crippen LogP contribution in [0.2, 0.25) is 0 Å². The first-order valence-corrected chi connectivity index (χ1v) is 5.55. The van der Waals surface area contributed by atoms with E-state index in [2.05, 4.69) is 5.32 Å². The summed E-state index contributed by atoms with van der Waals surface area (Å²) in [4.78, 5) is 11.7. The molecule has 4 heteroatoms. The Morgan fingerprint density at radius 1 is 1.22 bits per heavy atom. The van der Waals surface area contributed by atoms with Crippen LogP contribution in [0.25, 0.3) is 0 Å². The van der Waals surface area contributed by atoms with Crippen molar-refractivity contribution >= 4 is 5.91 Å². The van der Waals surface area contributed by atoms with Crippen LogP contribution in [-0.4, -0.2) is 5.91 Å². The monoisotopic (exact) mass is 240 g/mol. The van der Waals surface area contributed by atoms with E-state index in [1.807, 2.05) is 12.1 Å². The number of amides is 1. The van der Waals surface area contributed by atoms with Crippen molar-refractivity contribution < 1.29 is 9.21 Å². The quantitative estimate of drug-likeness (QED) is 0.888. The first kappa shape index (κ1) is 11.9. The molecule has 0 aliphatic rings. The molecule has 1 N–H and O–H groups in total. The van der Waals surface area contributed by atoms with Crippen molar-refractivity contribution in [3.8, 4) is 6.07 Å². The number of hydrogen-bond donors (Lipinski definition) is 1. The third kappa shape index (κ3) is 3.22. The molecule has 0 aliphatic carbocycles. The third-order valence-corrected chi connectivity index (χ3v) is 2.52. The van der Waals surface area contributed by atoms with E-state index < -0.39 is 0 Å². The molecule has 0 spiro atoms. The molecule has 2 aromatic rings. The maximum Gasteiger partial charge on any atom is 0.224 e. The molecular formula is C14H12N2O2. The SMILES string of the molecule is N#Cc1ccc(CC(=O)NCc2ccoc2)cc1. The van der Waals surface area contributed by atoms with Crippen molar-refractivity contribution in [3.63, 3.8) is 0 Å². The average Bonchev–Trinajstić information content (AvgIpc) is 2.90. The van der Waals surface area contributed by atoms with E-state index in [9.17, 15) is 4.79 Å². The number of rotatable bonds is 4. The van der Waals surface area contributed by atoms with Gasteiger partial charge in [0.25, 0.3) is 0 Å². The van der Waals surface area contributed by atoms with Gasteiger partial charge >= 0.3 is 0 Å². The fourth-order valence-corrected chi connectivity index (χ4v) is 1.54. The number of nitrogens with zero attached hydrogens (tertiary/aromatic N) is 1. The Balaban J connectivity index is 1.85. The van der Waals surface area contributed by atoms with Gasteiger partial charge in [-0.25, -0.2) is 0 Å². The second kappa shape index (κ2) is 5.69. The van der Waals surface area contributed by atoms with Gasteiger partial charge in [0.2, 0.25) is 5.91 Å². The first-order valence-electron chi connectivity index (χ1n) is 5.55. The standard InChI is InChI=1S/C14H12N2O2/c15-8-12-3-1-11(2-4-12)7-14(17)16-9-13-5-6-18-10-13/h1-6,10H,7,9H2,(H,16,17). The topological polar surface area (TPSA) is 66.0 Å². The summed E-state index contributed by atoms with van der Waals surface area (Å²) in [7, 11) is 0. The van der Waals surface area contributed by atoms with Gasteiger partial charge < -0.3 is 9.73 Å². The van der Waals surface area contributed by atoms with Crippen LogP contribution in [0, 0.1) is 11.3 Å². The zero-order valence-corrected chi connectivity index (χ0v) is 9.72. The molecule has 0 radical (unpaired) electrons. The minimum atomic E-state index is -0.0547. The largest absolute Gasteiger partial charge is 0.472 e. The molecule has 90 valence electrons. The normalized spacial score (nSPS) is 9.72. The molecule has 18 heavy (non-hydrogen) atoms. The van der Waals surface area contributed by atoms with E-state index in [1.165, 1.54) is 0 Å². The summed E-state index contributed by atoms with van der Waals surface area (Å²) in [6, 6.07) is 10.8. The zero-order chi connectivity index (χ0) is 12.8. The molecule has 1 aromatic carbocycles. The van der Waals surface area contributed by atoms with Crippen LogP contribution in [0.5, 0.6) is 0 Å². The molecule has 1 aromatic heterocycles. The van der Waals surface area contributed by atoms with Crippen LogP contribution in [0.1, 0.15) is 16.7 Å². The summed E-state index contributed by atoms with van der Waals surface area (Å²) >= 11 is 0. The van der Waals surface area contributed by atoms with Crippen molar-refractivity contribution in [2.24, 2.45) is 0 Å². The summed E-state index contributed by atoms with van der Waals surface area (Å²) in [6.45, 7) is 0.464. The summed E-state index contributed by atoms with van der Waals surface area (Å²) in [5.74, 6) is -0.0547. The third-order valence-electron chi connectivity index (χ3n) is 2.52. The highest BCUT2D eigenvalue weighted by molar-refractivity contribution is 5.78. The predicted molar refractivity (Wildman–Crippen MR) is 65.4 cm³/mol. The summed E-state index contributed by atoms with van der Waals surface area (Å²) in [5, 5.41) is 11.5. The molecule has 4 nitrogen and oxygen atoms in total. The molecule has 0 aliphatic heterocycles. The van der Waals surface area contributed by atoms with Gasteiger partial charge in [-0.2, -0.15) is 5.26 Å². The van der Waals surface area contributed by atoms with Gasteiger partial charge in [0.05, 0.1) is 30.6 Å². The van der Waals surface area contributed by atoms with E-state index in [0.717, 1.165) is 11.1 Å². The Morgan fingerprint density at radius 2 is 2.00 bits per heavy atom. The van der Waals surface area contributed by atoms with Crippen LogP contribution in [0.3, 0.4) is 0 Å². The highest BCUT2D eigenvalue weighted by Crippen LogP contribution is 2.04. The Bertz CT molecular complexity index is 550. The van der Waals surface area contributed by atoms with Crippen LogP contribution in [0.4, 0.5) is 0 Å². The predicted octanol–water partition coefficient (Wildman–Crippen LogP) is 2.01. The van der Waals surface area contributed by atoms with E-state index >= 15 is 0 Å². The minimum Gasteiger partial charge on any atom is -0.472 e. The lowest BCUT2D eigenvalue weighted by atomic mass is 10.1. The van der Waals surface area contributed by atoms with Crippen molar-refractivity contribution in [3.05, 3.63) is 59.5 Å². The number of benzene rings is 1. The van der Waals surface area contributed by atoms with Crippen LogP contribution < -0.4 is 5.32 Å². The van der Waals surface area contributed by atoms with Crippen molar-refractivity contribution in [1.82, 2.24) is 5.32 Å². The minimum absolute atomic E-state index is 0.0547. The lowest BCUT2D eigenvalue weighted by molar-refractivity contribution is -0.120. The summed E-state index contributed by atoms with van der Waals surface area (Å²) in [5.41, 5.74) is 2.42. The van der Waals surface area contributed by atoms with Crippen molar-refractivity contribution in [2.75, 3.05) is 0 Å². The van der Waals surface area contributed by atoms with Gasteiger partial charge in [0, 0.05) is 12.1 Å². The number of nitriles is 1. The van der Waals surface area contributed by atoms with Gasteiger partial charge in [0.15, 0.2) is 0 Å². The Morgan fingerprint density at radius 3 is 2.61 bits per heavy atom. The van der Waals surface area contributed by atoms with Gasteiger partial charge in [-0.3, -0.25) is 4.79 Å². The number of hydrogen-bond acceptors (Lipinski definition) is 3. The number of nitrogens with one attached hydrogen (secondary N) is 1. The Hall–Kier alpha value is -2.54. The maximum absolute atomic E-state index is 11.7. The lowest BCUT2D eigenvalue weighted by Crippen LogP contribution is -2.24. The van der Waals surface area contributed by atoms with Gasteiger partial charge in [0.1, 0.15) is 0 Å². The van der Waals surface area contributed by atoms with E-state index in [1.54, 1.807) is 36.8 Å². The molecule has 1 amide bonds. The highest BCUT2D eigenvalue weighted by atomic mass is 16.3. The second-order valence-electron chi connectivity index (χ2n) is 3.89.